The van der Waals surface area contributed by atoms with Crippen LogP contribution in [0, 0.1) is 13.8 Å². The minimum Gasteiger partial charge on any atom is -0.352 e. The van der Waals surface area contributed by atoms with Crippen LogP contribution in [-0.2, 0) is 26.2 Å². The molecule has 2 aromatic rings. The van der Waals surface area contributed by atoms with E-state index in [1.54, 1.807) is 51.1 Å². The van der Waals surface area contributed by atoms with E-state index in [0.29, 0.717) is 21.3 Å². The summed E-state index contributed by atoms with van der Waals surface area (Å²) in [6.07, 6.45) is 1.79. The summed E-state index contributed by atoms with van der Waals surface area (Å²) in [4.78, 5) is 27.9. The summed E-state index contributed by atoms with van der Waals surface area (Å²) in [5.41, 5.74) is 2.56. The highest BCUT2D eigenvalue weighted by molar-refractivity contribution is 7.92. The number of benzene rings is 2. The molecule has 2 amide bonds. The van der Waals surface area contributed by atoms with Crippen molar-refractivity contribution in [1.82, 2.24) is 10.2 Å². The smallest absolute Gasteiger partial charge is 0.244 e. The molecule has 0 fully saturated rings. The molecule has 0 unspecified atom stereocenters. The Morgan fingerprint density at radius 1 is 1.03 bits per heavy atom. The number of hydrogen-bond acceptors (Lipinski definition) is 4. The molecule has 2 aromatic carbocycles. The van der Waals surface area contributed by atoms with Gasteiger partial charge in [-0.3, -0.25) is 13.9 Å². The number of carbonyl (C=O) groups is 2. The molecule has 1 N–H and O–H groups in total. The summed E-state index contributed by atoms with van der Waals surface area (Å²) in [6.45, 7) is 8.63. The van der Waals surface area contributed by atoms with Gasteiger partial charge in [-0.05, 0) is 62.9 Å². The molecule has 0 aromatic heterocycles. The quantitative estimate of drug-likeness (QED) is 0.471. The number of sulfonamides is 1. The number of hydrogen-bond donors (Lipinski definition) is 1. The Morgan fingerprint density at radius 2 is 1.63 bits per heavy atom. The van der Waals surface area contributed by atoms with E-state index in [4.69, 9.17) is 23.2 Å². The number of para-hydroxylation sites is 1. The Hall–Kier alpha value is -2.29. The van der Waals surface area contributed by atoms with E-state index in [1.807, 2.05) is 19.9 Å². The number of halogens is 2. The lowest BCUT2D eigenvalue weighted by Gasteiger charge is -2.33. The Morgan fingerprint density at radius 3 is 2.14 bits per heavy atom. The molecule has 0 bridgehead atoms. The van der Waals surface area contributed by atoms with Crippen LogP contribution in [-0.4, -0.2) is 50.0 Å². The molecular formula is C25H33Cl2N3O4S. The lowest BCUT2D eigenvalue weighted by Crippen LogP contribution is -2.52. The van der Waals surface area contributed by atoms with E-state index in [0.717, 1.165) is 28.1 Å². The molecule has 0 radical (unpaired) electrons. The van der Waals surface area contributed by atoms with Crippen LogP contribution in [0.25, 0.3) is 0 Å². The summed E-state index contributed by atoms with van der Waals surface area (Å²) < 4.78 is 26.6. The molecule has 35 heavy (non-hydrogen) atoms. The molecule has 0 saturated carbocycles. The van der Waals surface area contributed by atoms with Crippen LogP contribution >= 0.6 is 23.2 Å². The number of rotatable bonds is 10. The summed E-state index contributed by atoms with van der Waals surface area (Å²) in [5.74, 6) is -0.846. The number of nitrogens with one attached hydrogen (secondary N) is 1. The zero-order valence-electron chi connectivity index (χ0n) is 20.9. The van der Waals surface area contributed by atoms with Gasteiger partial charge in [-0.2, -0.15) is 0 Å². The predicted molar refractivity (Wildman–Crippen MR) is 142 cm³/mol. The first-order valence-corrected chi connectivity index (χ1v) is 13.9. The van der Waals surface area contributed by atoms with Crippen molar-refractivity contribution in [2.75, 3.05) is 17.1 Å². The average molecular weight is 543 g/mol. The van der Waals surface area contributed by atoms with Gasteiger partial charge >= 0.3 is 0 Å². The molecule has 10 heteroatoms. The minimum atomic E-state index is -3.80. The van der Waals surface area contributed by atoms with Crippen LogP contribution in [0.1, 0.15) is 43.9 Å². The molecule has 0 spiro atoms. The highest BCUT2D eigenvalue weighted by atomic mass is 35.5. The van der Waals surface area contributed by atoms with Crippen molar-refractivity contribution in [2.45, 2.75) is 59.7 Å². The third-order valence-corrected chi connectivity index (χ3v) is 7.72. The molecule has 2 rings (SSSR count). The Balaban J connectivity index is 2.47. The summed E-state index contributed by atoms with van der Waals surface area (Å²) in [6, 6.07) is 9.44. The fourth-order valence-corrected chi connectivity index (χ4v) is 4.94. The largest absolute Gasteiger partial charge is 0.352 e. The highest BCUT2D eigenvalue weighted by Crippen LogP contribution is 2.28. The number of carbonyl (C=O) groups excluding carboxylic acids is 2. The molecule has 2 atom stereocenters. The van der Waals surface area contributed by atoms with Crippen molar-refractivity contribution >= 4 is 50.7 Å². The van der Waals surface area contributed by atoms with E-state index in [-0.39, 0.29) is 18.5 Å². The van der Waals surface area contributed by atoms with Crippen LogP contribution in [0.15, 0.2) is 36.4 Å². The Bertz CT molecular complexity index is 1170. The second kappa shape index (κ2) is 12.1. The van der Waals surface area contributed by atoms with Crippen LogP contribution in [0.3, 0.4) is 0 Å². The fourth-order valence-electron chi connectivity index (χ4n) is 3.66. The molecule has 0 saturated heterocycles. The number of aryl methyl sites for hydroxylation is 2. The monoisotopic (exact) mass is 541 g/mol. The third-order valence-electron chi connectivity index (χ3n) is 5.87. The van der Waals surface area contributed by atoms with Gasteiger partial charge in [0.1, 0.15) is 12.6 Å². The highest BCUT2D eigenvalue weighted by Gasteiger charge is 2.31. The van der Waals surface area contributed by atoms with Gasteiger partial charge in [0.15, 0.2) is 0 Å². The maximum atomic E-state index is 13.6. The maximum absolute atomic E-state index is 13.6. The molecule has 192 valence electrons. The number of amides is 2. The summed E-state index contributed by atoms with van der Waals surface area (Å²) >= 11 is 12.2. The second-order valence-electron chi connectivity index (χ2n) is 8.77. The van der Waals surface area contributed by atoms with Crippen molar-refractivity contribution in [3.8, 4) is 0 Å². The van der Waals surface area contributed by atoms with Gasteiger partial charge in [0.05, 0.1) is 22.0 Å². The van der Waals surface area contributed by atoms with Gasteiger partial charge in [-0.1, -0.05) is 54.4 Å². The average Bonchev–Trinajstić information content (AvgIpc) is 2.77. The van der Waals surface area contributed by atoms with E-state index in [9.17, 15) is 18.0 Å². The second-order valence-corrected chi connectivity index (χ2v) is 11.5. The molecule has 0 aliphatic carbocycles. The molecule has 0 heterocycles. The zero-order chi connectivity index (χ0) is 26.5. The zero-order valence-corrected chi connectivity index (χ0v) is 23.3. The lowest BCUT2D eigenvalue weighted by molar-refractivity contribution is -0.139. The summed E-state index contributed by atoms with van der Waals surface area (Å²) in [5, 5.41) is 3.58. The predicted octanol–water partition coefficient (Wildman–Crippen LogP) is 4.71. The fraction of sp³-hybridized carbons (Fsp3) is 0.440. The van der Waals surface area contributed by atoms with Gasteiger partial charge in [-0.15, -0.1) is 0 Å². The van der Waals surface area contributed by atoms with Crippen molar-refractivity contribution in [2.24, 2.45) is 0 Å². The van der Waals surface area contributed by atoms with Gasteiger partial charge in [0.2, 0.25) is 21.8 Å². The van der Waals surface area contributed by atoms with Crippen LogP contribution in [0.4, 0.5) is 5.69 Å². The van der Waals surface area contributed by atoms with Crippen molar-refractivity contribution in [1.29, 1.82) is 0 Å². The van der Waals surface area contributed by atoms with Gasteiger partial charge in [0.25, 0.3) is 0 Å². The lowest BCUT2D eigenvalue weighted by atomic mass is 10.1. The first-order valence-electron chi connectivity index (χ1n) is 11.3. The molecule has 0 aliphatic rings. The van der Waals surface area contributed by atoms with Crippen LogP contribution in [0.5, 0.6) is 0 Å². The van der Waals surface area contributed by atoms with Crippen LogP contribution in [0.2, 0.25) is 10.0 Å². The van der Waals surface area contributed by atoms with E-state index >= 15 is 0 Å². The maximum Gasteiger partial charge on any atom is 0.244 e. The molecular weight excluding hydrogens is 509 g/mol. The Kier molecular flexibility index (Phi) is 10.0. The topological polar surface area (TPSA) is 86.8 Å². The SMILES string of the molecule is CC[C@H](C)NC(=O)[C@@H](C)N(Cc1ccc(Cl)c(Cl)c1)C(=O)CN(c1c(C)cccc1C)S(C)(=O)=O. The first kappa shape index (κ1) is 28.9. The third kappa shape index (κ3) is 7.59. The van der Waals surface area contributed by atoms with Gasteiger partial charge in [0, 0.05) is 12.6 Å². The van der Waals surface area contributed by atoms with E-state index < -0.39 is 28.5 Å². The van der Waals surface area contributed by atoms with Crippen molar-refractivity contribution in [3.63, 3.8) is 0 Å². The van der Waals surface area contributed by atoms with Crippen molar-refractivity contribution in [3.05, 3.63) is 63.1 Å². The normalized spacial score (nSPS) is 13.1. The Labute approximate surface area is 218 Å². The molecule has 0 aliphatic heterocycles. The van der Waals surface area contributed by atoms with Gasteiger partial charge in [-0.25, -0.2) is 8.42 Å². The van der Waals surface area contributed by atoms with Crippen LogP contribution < -0.4 is 9.62 Å². The number of nitrogens with zero attached hydrogens (tertiary/aromatic N) is 2. The van der Waals surface area contributed by atoms with E-state index in [1.165, 1.54) is 4.90 Å². The summed E-state index contributed by atoms with van der Waals surface area (Å²) in [7, 11) is -3.80. The van der Waals surface area contributed by atoms with Gasteiger partial charge < -0.3 is 10.2 Å². The van der Waals surface area contributed by atoms with Crippen molar-refractivity contribution < 1.29 is 18.0 Å². The first-order chi connectivity index (χ1) is 16.3. The minimum absolute atomic E-state index is 0.0508. The standard InChI is InChI=1S/C25H33Cl2N3O4S/c1-7-18(4)28-25(32)19(5)29(14-20-11-12-21(26)22(27)13-20)23(31)15-30(35(6,33)34)24-16(2)9-8-10-17(24)3/h8-13,18-19H,7,14-15H2,1-6H3,(H,28,32)/t18-,19+/m0/s1. The molecule has 7 nitrogen and oxygen atoms in total. The number of anilines is 1. The van der Waals surface area contributed by atoms with E-state index in [2.05, 4.69) is 5.32 Å².